The number of nitrogens with two attached hydrogens (primary N) is 1. The minimum atomic E-state index is -0.503. The van der Waals surface area contributed by atoms with Crippen LogP contribution in [0.25, 0.3) is 0 Å². The third-order valence-electron chi connectivity index (χ3n) is 2.85. The van der Waals surface area contributed by atoms with E-state index in [9.17, 15) is 9.18 Å². The summed E-state index contributed by atoms with van der Waals surface area (Å²) in [6.45, 7) is 1.79. The lowest BCUT2D eigenvalue weighted by Gasteiger charge is -2.11. The van der Waals surface area contributed by atoms with Crippen LogP contribution in [0.4, 0.5) is 15.8 Å². The van der Waals surface area contributed by atoms with Gasteiger partial charge in [0, 0.05) is 23.6 Å². The quantitative estimate of drug-likeness (QED) is 0.592. The summed E-state index contributed by atoms with van der Waals surface area (Å²) in [7, 11) is 1.35. The van der Waals surface area contributed by atoms with Gasteiger partial charge in [-0.3, -0.25) is 15.6 Å². The number of ether oxygens (including phenoxy) is 1. The average Bonchev–Trinajstić information content (AvgIpc) is 2.48. The first kappa shape index (κ1) is 14.7. The first-order chi connectivity index (χ1) is 10.0. The largest absolute Gasteiger partial charge is 0.494 e. The molecule has 0 spiro atoms. The Bertz CT molecular complexity index is 676. The Kier molecular flexibility index (Phi) is 4.34. The van der Waals surface area contributed by atoms with Crippen molar-refractivity contribution in [2.75, 3.05) is 17.9 Å². The number of pyridine rings is 1. The Balaban J connectivity index is 2.26. The van der Waals surface area contributed by atoms with E-state index in [1.54, 1.807) is 13.0 Å². The molecule has 2 rings (SSSR count). The fourth-order valence-electron chi connectivity index (χ4n) is 1.80. The van der Waals surface area contributed by atoms with Crippen molar-refractivity contribution in [1.29, 1.82) is 0 Å². The molecule has 6 nitrogen and oxygen atoms in total. The molecule has 0 radical (unpaired) electrons. The number of aryl methyl sites for hydroxylation is 1. The topological polar surface area (TPSA) is 89.3 Å². The number of nitrogens with one attached hydrogen (secondary N) is 2. The number of halogens is 1. The molecular weight excluding hydrogens is 275 g/mol. The molecule has 0 bridgehead atoms. The number of nitrogen functional groups attached to an aromatic ring is 1. The molecule has 4 N–H and O–H groups in total. The van der Waals surface area contributed by atoms with Gasteiger partial charge in [-0.05, 0) is 25.1 Å². The van der Waals surface area contributed by atoms with Gasteiger partial charge in [-0.2, -0.15) is 0 Å². The van der Waals surface area contributed by atoms with Crippen molar-refractivity contribution < 1.29 is 13.9 Å². The van der Waals surface area contributed by atoms with Gasteiger partial charge in [-0.15, -0.1) is 0 Å². The minimum Gasteiger partial charge on any atom is -0.494 e. The zero-order valence-corrected chi connectivity index (χ0v) is 11.6. The Hall–Kier alpha value is -2.67. The smallest absolute Gasteiger partial charge is 0.259 e. The zero-order valence-electron chi connectivity index (χ0n) is 11.6. The highest BCUT2D eigenvalue weighted by atomic mass is 19.1. The summed E-state index contributed by atoms with van der Waals surface area (Å²) in [6.07, 6.45) is 1.42. The standard InChI is InChI=1S/C14H15FN4O2/c1-8-5-12(19-16)10(7-17-8)14(20)18-9-3-4-11(15)13(6-9)21-2/h3-7H,16H2,1-2H3,(H,17,19)(H,18,20). The predicted molar refractivity (Wildman–Crippen MR) is 77.7 cm³/mol. The van der Waals surface area contributed by atoms with Gasteiger partial charge in [0.05, 0.1) is 18.4 Å². The summed E-state index contributed by atoms with van der Waals surface area (Å²) < 4.78 is 18.2. The molecule has 0 aliphatic heterocycles. The minimum absolute atomic E-state index is 0.0482. The van der Waals surface area contributed by atoms with Crippen LogP contribution in [0, 0.1) is 12.7 Å². The first-order valence-electron chi connectivity index (χ1n) is 6.13. The van der Waals surface area contributed by atoms with Crippen LogP contribution in [0.2, 0.25) is 0 Å². The van der Waals surface area contributed by atoms with Crippen LogP contribution in [0.5, 0.6) is 5.75 Å². The maximum Gasteiger partial charge on any atom is 0.259 e. The number of methoxy groups -OCH3 is 1. The fourth-order valence-corrected chi connectivity index (χ4v) is 1.80. The molecule has 0 aliphatic carbocycles. The van der Waals surface area contributed by atoms with E-state index in [1.165, 1.54) is 31.5 Å². The van der Waals surface area contributed by atoms with Crippen LogP contribution < -0.4 is 21.3 Å². The van der Waals surface area contributed by atoms with Gasteiger partial charge in [0.15, 0.2) is 11.6 Å². The van der Waals surface area contributed by atoms with E-state index < -0.39 is 11.7 Å². The van der Waals surface area contributed by atoms with E-state index in [0.29, 0.717) is 11.4 Å². The van der Waals surface area contributed by atoms with Crippen LogP contribution in [0.3, 0.4) is 0 Å². The average molecular weight is 290 g/mol. The number of hydrogen-bond acceptors (Lipinski definition) is 5. The van der Waals surface area contributed by atoms with Crippen molar-refractivity contribution in [3.8, 4) is 5.75 Å². The Morgan fingerprint density at radius 2 is 2.14 bits per heavy atom. The highest BCUT2D eigenvalue weighted by Gasteiger charge is 2.13. The van der Waals surface area contributed by atoms with Gasteiger partial charge >= 0.3 is 0 Å². The lowest BCUT2D eigenvalue weighted by Crippen LogP contribution is -2.18. The van der Waals surface area contributed by atoms with E-state index in [-0.39, 0.29) is 11.3 Å². The SMILES string of the molecule is COc1cc(NC(=O)c2cnc(C)cc2NN)ccc1F. The lowest BCUT2D eigenvalue weighted by atomic mass is 10.2. The number of hydrazine groups is 1. The third-order valence-corrected chi connectivity index (χ3v) is 2.85. The normalized spacial score (nSPS) is 10.1. The highest BCUT2D eigenvalue weighted by molar-refractivity contribution is 6.07. The Morgan fingerprint density at radius 3 is 2.81 bits per heavy atom. The maximum absolute atomic E-state index is 13.3. The van der Waals surface area contributed by atoms with Crippen LogP contribution >= 0.6 is 0 Å². The molecule has 21 heavy (non-hydrogen) atoms. The second kappa shape index (κ2) is 6.19. The van der Waals surface area contributed by atoms with E-state index in [2.05, 4.69) is 15.7 Å². The van der Waals surface area contributed by atoms with Crippen molar-refractivity contribution in [2.24, 2.45) is 5.84 Å². The number of carbonyl (C=O) groups excluding carboxylic acids is 1. The first-order valence-corrected chi connectivity index (χ1v) is 6.13. The van der Waals surface area contributed by atoms with Gasteiger partial charge in [0.1, 0.15) is 0 Å². The predicted octanol–water partition coefficient (Wildman–Crippen LogP) is 2.08. The molecule has 2 aromatic rings. The zero-order chi connectivity index (χ0) is 15.4. The van der Waals surface area contributed by atoms with Crippen molar-refractivity contribution in [1.82, 2.24) is 4.98 Å². The van der Waals surface area contributed by atoms with Gasteiger partial charge in [0.2, 0.25) is 0 Å². The number of hydrogen-bond donors (Lipinski definition) is 3. The number of rotatable bonds is 4. The van der Waals surface area contributed by atoms with Gasteiger partial charge in [-0.1, -0.05) is 0 Å². The van der Waals surface area contributed by atoms with Crippen molar-refractivity contribution in [3.63, 3.8) is 0 Å². The lowest BCUT2D eigenvalue weighted by molar-refractivity contribution is 0.102. The fraction of sp³-hybridized carbons (Fsp3) is 0.143. The van der Waals surface area contributed by atoms with E-state index in [0.717, 1.165) is 5.69 Å². The van der Waals surface area contributed by atoms with E-state index >= 15 is 0 Å². The highest BCUT2D eigenvalue weighted by Crippen LogP contribution is 2.23. The monoisotopic (exact) mass is 290 g/mol. The molecule has 1 aromatic carbocycles. The van der Waals surface area contributed by atoms with E-state index in [4.69, 9.17) is 10.6 Å². The van der Waals surface area contributed by atoms with E-state index in [1.807, 2.05) is 0 Å². The summed E-state index contributed by atoms with van der Waals surface area (Å²) in [5.41, 5.74) is 4.32. The van der Waals surface area contributed by atoms with Gasteiger partial charge in [-0.25, -0.2) is 4.39 Å². The second-order valence-electron chi connectivity index (χ2n) is 4.32. The van der Waals surface area contributed by atoms with Gasteiger partial charge in [0.25, 0.3) is 5.91 Å². The number of benzene rings is 1. The maximum atomic E-state index is 13.3. The Labute approximate surface area is 121 Å². The number of anilines is 2. The third kappa shape index (κ3) is 3.26. The van der Waals surface area contributed by atoms with Crippen molar-refractivity contribution in [2.45, 2.75) is 6.92 Å². The molecule has 1 heterocycles. The molecule has 1 aromatic heterocycles. The molecule has 0 saturated carbocycles. The molecule has 0 fully saturated rings. The Morgan fingerprint density at radius 1 is 1.38 bits per heavy atom. The molecular formula is C14H15FN4O2. The molecule has 1 amide bonds. The number of nitrogens with zero attached hydrogens (tertiary/aromatic N) is 1. The number of carbonyl (C=O) groups is 1. The summed E-state index contributed by atoms with van der Waals surface area (Å²) >= 11 is 0. The van der Waals surface area contributed by atoms with Crippen LogP contribution in [0.15, 0.2) is 30.5 Å². The van der Waals surface area contributed by atoms with Crippen LogP contribution in [0.1, 0.15) is 16.1 Å². The van der Waals surface area contributed by atoms with Crippen LogP contribution in [-0.2, 0) is 0 Å². The summed E-state index contributed by atoms with van der Waals surface area (Å²) in [4.78, 5) is 16.3. The molecule has 110 valence electrons. The summed E-state index contributed by atoms with van der Waals surface area (Å²) in [6, 6.07) is 5.70. The number of aromatic nitrogens is 1. The number of amides is 1. The van der Waals surface area contributed by atoms with Gasteiger partial charge < -0.3 is 15.5 Å². The second-order valence-corrected chi connectivity index (χ2v) is 4.32. The molecule has 0 unspecified atom stereocenters. The van der Waals surface area contributed by atoms with Crippen LogP contribution in [-0.4, -0.2) is 18.0 Å². The molecule has 0 atom stereocenters. The summed E-state index contributed by atoms with van der Waals surface area (Å²) in [5.74, 6) is 4.52. The molecule has 0 aliphatic rings. The van der Waals surface area contributed by atoms with Crippen molar-refractivity contribution >= 4 is 17.3 Å². The molecule has 0 saturated heterocycles. The molecule has 7 heteroatoms. The van der Waals surface area contributed by atoms with Crippen molar-refractivity contribution in [3.05, 3.63) is 47.5 Å². The summed E-state index contributed by atoms with van der Waals surface area (Å²) in [5, 5.41) is 2.63.